The summed E-state index contributed by atoms with van der Waals surface area (Å²) in [6.07, 6.45) is 4.70. The number of fused-ring (bicyclic) bond motifs is 1. The van der Waals surface area contributed by atoms with Crippen LogP contribution in [0.1, 0.15) is 10.5 Å². The zero-order valence-electron chi connectivity index (χ0n) is 16.2. The summed E-state index contributed by atoms with van der Waals surface area (Å²) in [5, 5.41) is 12.3. The number of aromatic nitrogens is 4. The molecule has 4 rings (SSSR count). The monoisotopic (exact) mass is 407 g/mol. The number of para-hydroxylation sites is 2. The van der Waals surface area contributed by atoms with E-state index in [0.717, 1.165) is 0 Å². The van der Waals surface area contributed by atoms with Crippen molar-refractivity contribution in [3.8, 4) is 0 Å². The Morgan fingerprint density at radius 3 is 2.40 bits per heavy atom. The number of hydrogen-bond donors (Lipinski definition) is 2. The van der Waals surface area contributed by atoms with E-state index in [1.807, 2.05) is 11.0 Å². The molecule has 0 bridgehead atoms. The van der Waals surface area contributed by atoms with Crippen molar-refractivity contribution in [2.24, 2.45) is 0 Å². The highest BCUT2D eigenvalue weighted by molar-refractivity contribution is 5.97. The third-order valence-corrected chi connectivity index (χ3v) is 4.89. The lowest BCUT2D eigenvalue weighted by molar-refractivity contribution is -0.134. The lowest BCUT2D eigenvalue weighted by Crippen LogP contribution is -2.56. The van der Waals surface area contributed by atoms with Gasteiger partial charge >= 0.3 is 0 Å². The largest absolute Gasteiger partial charge is 0.394 e. The molecule has 1 saturated heterocycles. The minimum atomic E-state index is -1.05. The molecule has 30 heavy (non-hydrogen) atoms. The lowest BCUT2D eigenvalue weighted by atomic mass is 10.2. The van der Waals surface area contributed by atoms with E-state index in [2.05, 4.69) is 25.3 Å². The smallest absolute Gasteiger partial charge is 0.272 e. The van der Waals surface area contributed by atoms with Gasteiger partial charge in [-0.15, -0.1) is 0 Å². The summed E-state index contributed by atoms with van der Waals surface area (Å²) in [5.41, 5.74) is 1.34. The maximum Gasteiger partial charge on any atom is 0.272 e. The molecule has 0 aliphatic carbocycles. The number of piperazine rings is 1. The molecule has 3 heterocycles. The Morgan fingerprint density at radius 2 is 1.70 bits per heavy atom. The fraction of sp³-hybridized carbons (Fsp3) is 0.300. The third kappa shape index (κ3) is 4.18. The fourth-order valence-electron chi connectivity index (χ4n) is 3.29. The first-order valence-corrected chi connectivity index (χ1v) is 9.60. The summed E-state index contributed by atoms with van der Waals surface area (Å²) in [4.78, 5) is 45.9. The number of benzene rings is 1. The molecule has 0 radical (unpaired) electrons. The molecule has 1 unspecified atom stereocenters. The summed E-state index contributed by atoms with van der Waals surface area (Å²) >= 11 is 0. The van der Waals surface area contributed by atoms with Crippen molar-refractivity contribution in [3.05, 3.63) is 54.6 Å². The predicted octanol–water partition coefficient (Wildman–Crippen LogP) is -0.141. The molecule has 0 spiro atoms. The second-order valence-electron chi connectivity index (χ2n) is 6.81. The van der Waals surface area contributed by atoms with Crippen LogP contribution in [0.2, 0.25) is 0 Å². The van der Waals surface area contributed by atoms with E-state index in [9.17, 15) is 14.7 Å². The molecule has 2 N–H and O–H groups in total. The number of rotatable bonds is 5. The number of aliphatic hydroxyl groups excluding tert-OH is 1. The van der Waals surface area contributed by atoms with Crippen molar-refractivity contribution in [1.29, 1.82) is 0 Å². The average Bonchev–Trinajstić information content (AvgIpc) is 2.82. The number of aliphatic hydroxyl groups is 1. The van der Waals surface area contributed by atoms with Gasteiger partial charge in [0.1, 0.15) is 11.7 Å². The van der Waals surface area contributed by atoms with Crippen LogP contribution >= 0.6 is 0 Å². The molecule has 10 nitrogen and oxygen atoms in total. The van der Waals surface area contributed by atoms with E-state index in [1.54, 1.807) is 41.6 Å². The topological polar surface area (TPSA) is 124 Å². The molecule has 2 amide bonds. The van der Waals surface area contributed by atoms with Gasteiger partial charge in [0.05, 0.1) is 23.8 Å². The summed E-state index contributed by atoms with van der Waals surface area (Å²) in [6.45, 7) is 1.52. The van der Waals surface area contributed by atoms with Crippen LogP contribution in [0.25, 0.3) is 11.0 Å². The van der Waals surface area contributed by atoms with Crippen LogP contribution in [-0.4, -0.2) is 80.6 Å². The molecule has 10 heteroatoms. The van der Waals surface area contributed by atoms with Crippen LogP contribution < -0.4 is 10.2 Å². The molecule has 3 aromatic rings. The Bertz CT molecular complexity index is 1040. The number of nitrogens with zero attached hydrogens (tertiary/aromatic N) is 6. The van der Waals surface area contributed by atoms with Crippen LogP contribution in [0.3, 0.4) is 0 Å². The van der Waals surface area contributed by atoms with Crippen molar-refractivity contribution in [1.82, 2.24) is 30.2 Å². The van der Waals surface area contributed by atoms with Gasteiger partial charge in [-0.3, -0.25) is 14.6 Å². The van der Waals surface area contributed by atoms with Crippen LogP contribution in [0.15, 0.2) is 48.9 Å². The van der Waals surface area contributed by atoms with Gasteiger partial charge in [-0.2, -0.15) is 0 Å². The average molecular weight is 407 g/mol. The molecule has 1 aromatic carbocycles. The summed E-state index contributed by atoms with van der Waals surface area (Å²) < 4.78 is 0. The number of carbonyl (C=O) groups is 2. The maximum atomic E-state index is 12.8. The predicted molar refractivity (Wildman–Crippen MR) is 109 cm³/mol. The van der Waals surface area contributed by atoms with E-state index < -0.39 is 18.6 Å². The highest BCUT2D eigenvalue weighted by Crippen LogP contribution is 2.11. The summed E-state index contributed by atoms with van der Waals surface area (Å²) in [6, 6.07) is 7.89. The Balaban J connectivity index is 1.38. The first-order valence-electron chi connectivity index (χ1n) is 9.60. The number of carbonyl (C=O) groups excluding carboxylic acids is 2. The normalized spacial score (nSPS) is 15.1. The minimum absolute atomic E-state index is 0.0889. The van der Waals surface area contributed by atoms with Gasteiger partial charge < -0.3 is 20.2 Å². The van der Waals surface area contributed by atoms with E-state index in [-0.39, 0.29) is 11.6 Å². The molecule has 1 aliphatic rings. The minimum Gasteiger partial charge on any atom is -0.394 e. The van der Waals surface area contributed by atoms with Gasteiger partial charge in [-0.1, -0.05) is 12.1 Å². The van der Waals surface area contributed by atoms with Gasteiger partial charge in [0.15, 0.2) is 0 Å². The fourth-order valence-corrected chi connectivity index (χ4v) is 3.29. The lowest BCUT2D eigenvalue weighted by Gasteiger charge is -2.36. The van der Waals surface area contributed by atoms with Crippen molar-refractivity contribution in [3.63, 3.8) is 0 Å². The summed E-state index contributed by atoms with van der Waals surface area (Å²) in [5.74, 6) is -0.281. The zero-order chi connectivity index (χ0) is 20.9. The summed E-state index contributed by atoms with van der Waals surface area (Å²) in [7, 11) is 0. The van der Waals surface area contributed by atoms with Gasteiger partial charge in [0, 0.05) is 38.6 Å². The van der Waals surface area contributed by atoms with Crippen LogP contribution in [0.4, 0.5) is 5.95 Å². The Labute approximate surface area is 172 Å². The molecule has 1 atom stereocenters. The molecule has 154 valence electrons. The molecular formula is C20H21N7O3. The number of amides is 2. The van der Waals surface area contributed by atoms with Crippen molar-refractivity contribution >= 4 is 28.8 Å². The van der Waals surface area contributed by atoms with Crippen molar-refractivity contribution in [2.45, 2.75) is 6.04 Å². The number of anilines is 1. The van der Waals surface area contributed by atoms with Crippen LogP contribution in [0.5, 0.6) is 0 Å². The van der Waals surface area contributed by atoms with E-state index in [4.69, 9.17) is 0 Å². The number of hydrogen-bond acceptors (Lipinski definition) is 8. The van der Waals surface area contributed by atoms with Gasteiger partial charge in [-0.05, 0) is 18.2 Å². The Hall–Kier alpha value is -3.66. The van der Waals surface area contributed by atoms with Gasteiger partial charge in [0.2, 0.25) is 11.9 Å². The number of nitrogens with one attached hydrogen (secondary N) is 1. The first kappa shape index (κ1) is 19.6. The van der Waals surface area contributed by atoms with Gasteiger partial charge in [-0.25, -0.2) is 15.0 Å². The van der Waals surface area contributed by atoms with Crippen molar-refractivity contribution in [2.75, 3.05) is 37.7 Å². The molecule has 0 saturated carbocycles. The van der Waals surface area contributed by atoms with Crippen LogP contribution in [0, 0.1) is 0 Å². The van der Waals surface area contributed by atoms with E-state index in [0.29, 0.717) is 43.2 Å². The Morgan fingerprint density at radius 1 is 1.00 bits per heavy atom. The Kier molecular flexibility index (Phi) is 5.75. The molecule has 1 aliphatic heterocycles. The van der Waals surface area contributed by atoms with E-state index in [1.165, 1.54) is 6.20 Å². The second-order valence-corrected chi connectivity index (χ2v) is 6.81. The van der Waals surface area contributed by atoms with Gasteiger partial charge in [0.25, 0.3) is 5.91 Å². The van der Waals surface area contributed by atoms with Crippen molar-refractivity contribution < 1.29 is 14.7 Å². The second kappa shape index (κ2) is 8.78. The quantitative estimate of drug-likeness (QED) is 0.599. The standard InChI is InChI=1S/C20H21N7O3/c28-13-17(25-18(29)16-12-23-14-4-1-2-5-15(14)24-16)19(30)26-8-10-27(11-9-26)20-21-6-3-7-22-20/h1-7,12,17,28H,8-11,13H2,(H,25,29). The zero-order valence-corrected chi connectivity index (χ0v) is 16.2. The molecular weight excluding hydrogens is 386 g/mol. The highest BCUT2D eigenvalue weighted by Gasteiger charge is 2.29. The maximum absolute atomic E-state index is 12.8. The molecule has 2 aromatic heterocycles. The van der Waals surface area contributed by atoms with E-state index >= 15 is 0 Å². The van der Waals surface area contributed by atoms with Crippen LogP contribution in [-0.2, 0) is 4.79 Å². The molecule has 1 fully saturated rings. The third-order valence-electron chi connectivity index (χ3n) is 4.89. The SMILES string of the molecule is O=C(NC(CO)C(=O)N1CCN(c2ncccn2)CC1)c1cnc2ccccc2n1. The highest BCUT2D eigenvalue weighted by atomic mass is 16.3. The first-order chi connectivity index (χ1) is 14.7.